The van der Waals surface area contributed by atoms with Gasteiger partial charge in [-0.15, -0.1) is 0 Å². The quantitative estimate of drug-likeness (QED) is 0.0262. The highest BCUT2D eigenvalue weighted by Crippen LogP contribution is 2.14. The molecule has 0 aromatic rings. The number of hydrogen-bond donors (Lipinski definition) is 0. The molecule has 0 radical (unpaired) electrons. The first-order valence-corrected chi connectivity index (χ1v) is 28.7. The van der Waals surface area contributed by atoms with Crippen LogP contribution in [0.3, 0.4) is 0 Å². The number of rotatable bonds is 51. The molecule has 0 unspecified atom stereocenters. The van der Waals surface area contributed by atoms with Crippen LogP contribution in [0.25, 0.3) is 0 Å². The highest BCUT2D eigenvalue weighted by Gasteiger charge is 2.19. The summed E-state index contributed by atoms with van der Waals surface area (Å²) < 4.78 is 16.8. The van der Waals surface area contributed by atoms with Gasteiger partial charge < -0.3 is 14.2 Å². The number of unbranched alkanes of at least 4 members (excludes halogenated alkanes) is 24. The van der Waals surface area contributed by atoms with Crippen molar-refractivity contribution in [2.75, 3.05) is 13.2 Å². The maximum atomic E-state index is 12.9. The van der Waals surface area contributed by atoms with Gasteiger partial charge in [-0.25, -0.2) is 0 Å². The van der Waals surface area contributed by atoms with Gasteiger partial charge in [0.1, 0.15) is 13.2 Å². The van der Waals surface area contributed by atoms with Gasteiger partial charge in [-0.1, -0.05) is 227 Å². The van der Waals surface area contributed by atoms with E-state index in [2.05, 4.69) is 118 Å². The number of hydrogen-bond acceptors (Lipinski definition) is 6. The van der Waals surface area contributed by atoms with Crippen molar-refractivity contribution in [3.8, 4) is 0 Å². The Morgan fingerprint density at radius 3 is 0.971 bits per heavy atom. The zero-order valence-corrected chi connectivity index (χ0v) is 45.0. The fourth-order valence-electron chi connectivity index (χ4n) is 7.74. The maximum absolute atomic E-state index is 12.9. The fourth-order valence-corrected chi connectivity index (χ4v) is 7.74. The molecule has 0 bridgehead atoms. The average Bonchev–Trinajstić information content (AvgIpc) is 3.35. The van der Waals surface area contributed by atoms with E-state index in [0.29, 0.717) is 19.3 Å². The Balaban J connectivity index is 4.48. The third kappa shape index (κ3) is 55.1. The summed E-state index contributed by atoms with van der Waals surface area (Å²) in [6.45, 7) is 6.44. The number of carbonyl (C=O) groups is 3. The lowest BCUT2D eigenvalue weighted by Gasteiger charge is -2.18. The van der Waals surface area contributed by atoms with E-state index in [9.17, 15) is 14.4 Å². The summed E-state index contributed by atoms with van der Waals surface area (Å²) in [5.41, 5.74) is 0. The van der Waals surface area contributed by atoms with Crippen molar-refractivity contribution in [1.82, 2.24) is 0 Å². The minimum atomic E-state index is -0.809. The van der Waals surface area contributed by atoms with E-state index in [1.165, 1.54) is 116 Å². The third-order valence-electron chi connectivity index (χ3n) is 12.0. The summed E-state index contributed by atoms with van der Waals surface area (Å²) in [5, 5.41) is 0. The summed E-state index contributed by atoms with van der Waals surface area (Å²) in [6.07, 6.45) is 75.4. The molecule has 0 amide bonds. The molecule has 0 aliphatic carbocycles. The zero-order chi connectivity index (χ0) is 50.0. The van der Waals surface area contributed by atoms with Crippen LogP contribution in [0.4, 0.5) is 0 Å². The summed E-state index contributed by atoms with van der Waals surface area (Å²) in [7, 11) is 0. The van der Waals surface area contributed by atoms with Crippen LogP contribution < -0.4 is 0 Å². The first kappa shape index (κ1) is 65.3. The Morgan fingerprint density at radius 1 is 0.304 bits per heavy atom. The molecule has 0 aromatic carbocycles. The molecule has 6 nitrogen and oxygen atoms in total. The molecule has 0 fully saturated rings. The fraction of sp³-hybridized carbons (Fsp3) is 0.698. The second kappa shape index (κ2) is 56.9. The number of carbonyl (C=O) groups excluding carboxylic acids is 3. The van der Waals surface area contributed by atoms with Crippen molar-refractivity contribution in [3.05, 3.63) is 97.2 Å². The molecule has 0 saturated heterocycles. The molecule has 0 aliphatic heterocycles. The lowest BCUT2D eigenvalue weighted by Crippen LogP contribution is -2.30. The molecule has 1 atom stereocenters. The molecule has 394 valence electrons. The number of ether oxygens (including phenoxy) is 3. The molecule has 0 heterocycles. The van der Waals surface area contributed by atoms with E-state index >= 15 is 0 Å². The predicted octanol–water partition coefficient (Wildman–Crippen LogP) is 19.3. The molecular formula is C63H106O6. The minimum Gasteiger partial charge on any atom is -0.462 e. The molecule has 0 N–H and O–H groups in total. The third-order valence-corrected chi connectivity index (χ3v) is 12.0. The van der Waals surface area contributed by atoms with E-state index in [1.54, 1.807) is 0 Å². The molecular weight excluding hydrogens is 853 g/mol. The second-order valence-electron chi connectivity index (χ2n) is 18.8. The first-order chi connectivity index (χ1) is 34.0. The van der Waals surface area contributed by atoms with Crippen molar-refractivity contribution in [1.29, 1.82) is 0 Å². The number of allylic oxidation sites excluding steroid dienone is 16. The lowest BCUT2D eigenvalue weighted by molar-refractivity contribution is -0.167. The van der Waals surface area contributed by atoms with Crippen LogP contribution in [0.1, 0.15) is 265 Å². The molecule has 0 aliphatic rings. The SMILES string of the molecule is CC/C=C\C/C=C\C/C=C\CCCCCCCC(=O)OC[C@H](COC(=O)CCC/C=C\C/C=C\C/C=C\CCCCCCCC)OC(=O)CCCCCCCCCCC/C=C\C/C=C\CCCCC. The Bertz CT molecular complexity index is 1380. The van der Waals surface area contributed by atoms with Crippen LogP contribution >= 0.6 is 0 Å². The zero-order valence-electron chi connectivity index (χ0n) is 45.0. The average molecular weight is 960 g/mol. The minimum absolute atomic E-state index is 0.104. The van der Waals surface area contributed by atoms with Crippen molar-refractivity contribution in [2.24, 2.45) is 0 Å². The van der Waals surface area contributed by atoms with Gasteiger partial charge in [0.15, 0.2) is 6.10 Å². The largest absolute Gasteiger partial charge is 0.462 e. The molecule has 0 spiro atoms. The van der Waals surface area contributed by atoms with Gasteiger partial charge >= 0.3 is 17.9 Å². The van der Waals surface area contributed by atoms with E-state index in [4.69, 9.17) is 14.2 Å². The highest BCUT2D eigenvalue weighted by atomic mass is 16.6. The lowest BCUT2D eigenvalue weighted by atomic mass is 10.1. The van der Waals surface area contributed by atoms with Gasteiger partial charge in [0, 0.05) is 19.3 Å². The predicted molar refractivity (Wildman–Crippen MR) is 297 cm³/mol. The summed E-state index contributed by atoms with van der Waals surface area (Å²) in [4.78, 5) is 38.1. The first-order valence-electron chi connectivity index (χ1n) is 28.7. The van der Waals surface area contributed by atoms with Crippen LogP contribution in [0.2, 0.25) is 0 Å². The van der Waals surface area contributed by atoms with Crippen LogP contribution in [0.5, 0.6) is 0 Å². The highest BCUT2D eigenvalue weighted by molar-refractivity contribution is 5.71. The second-order valence-corrected chi connectivity index (χ2v) is 18.8. The Labute approximate surface area is 426 Å². The van der Waals surface area contributed by atoms with Gasteiger partial charge in [0.2, 0.25) is 0 Å². The Kier molecular flexibility index (Phi) is 53.9. The van der Waals surface area contributed by atoms with Crippen molar-refractivity contribution < 1.29 is 28.6 Å². The van der Waals surface area contributed by atoms with Crippen molar-refractivity contribution in [3.63, 3.8) is 0 Å². The van der Waals surface area contributed by atoms with E-state index in [0.717, 1.165) is 103 Å². The van der Waals surface area contributed by atoms with E-state index in [1.807, 2.05) is 0 Å². The van der Waals surface area contributed by atoms with Gasteiger partial charge in [-0.3, -0.25) is 14.4 Å². The summed E-state index contributed by atoms with van der Waals surface area (Å²) in [5.74, 6) is -0.975. The number of esters is 3. The summed E-state index contributed by atoms with van der Waals surface area (Å²) >= 11 is 0. The normalized spacial score (nSPS) is 12.8. The monoisotopic (exact) mass is 959 g/mol. The van der Waals surface area contributed by atoms with Crippen LogP contribution in [-0.4, -0.2) is 37.2 Å². The van der Waals surface area contributed by atoms with Crippen LogP contribution in [-0.2, 0) is 28.6 Å². The van der Waals surface area contributed by atoms with Crippen molar-refractivity contribution in [2.45, 2.75) is 271 Å². The molecule has 0 saturated carbocycles. The Hall–Kier alpha value is -3.67. The Morgan fingerprint density at radius 2 is 0.580 bits per heavy atom. The van der Waals surface area contributed by atoms with Crippen LogP contribution in [0, 0.1) is 0 Å². The standard InChI is InChI=1S/C63H106O6/c1-4-7-10-13-16-19-22-25-28-30-31-33-36-39-42-45-48-51-54-57-63(66)69-60(58-67-61(64)55-52-49-46-43-40-37-34-27-24-21-18-15-12-9-6-3)59-68-62(65)56-53-50-47-44-41-38-35-32-29-26-23-20-17-14-11-8-5-2/h9,12,16,18-19,21,25-29,34-35,38,44,47,60H,4-8,10-11,13-15,17,20,22-24,30-33,36-37,39-43,45-46,48-59H2,1-3H3/b12-9-,19-16-,21-18-,28-25-,29-26-,34-27-,38-35-,47-44-/t60-/m1/s1. The molecule has 0 aromatic heterocycles. The molecule has 69 heavy (non-hydrogen) atoms. The molecule has 6 heteroatoms. The maximum Gasteiger partial charge on any atom is 0.306 e. The van der Waals surface area contributed by atoms with E-state index in [-0.39, 0.29) is 37.5 Å². The van der Waals surface area contributed by atoms with Crippen LogP contribution in [0.15, 0.2) is 97.2 Å². The smallest absolute Gasteiger partial charge is 0.306 e. The van der Waals surface area contributed by atoms with Gasteiger partial charge in [-0.05, 0) is 116 Å². The summed E-state index contributed by atoms with van der Waals surface area (Å²) in [6, 6.07) is 0. The van der Waals surface area contributed by atoms with Gasteiger partial charge in [0.05, 0.1) is 0 Å². The van der Waals surface area contributed by atoms with E-state index < -0.39 is 6.10 Å². The van der Waals surface area contributed by atoms with Crippen molar-refractivity contribution >= 4 is 17.9 Å². The topological polar surface area (TPSA) is 78.9 Å². The molecule has 0 rings (SSSR count). The van der Waals surface area contributed by atoms with Gasteiger partial charge in [-0.2, -0.15) is 0 Å². The van der Waals surface area contributed by atoms with Gasteiger partial charge in [0.25, 0.3) is 0 Å².